The van der Waals surface area contributed by atoms with E-state index in [4.69, 9.17) is 44.4 Å². The molecule has 0 radical (unpaired) electrons. The lowest BCUT2D eigenvalue weighted by Crippen LogP contribution is -2.42. The van der Waals surface area contributed by atoms with Crippen LogP contribution in [0.5, 0.6) is 0 Å². The molecular weight excluding hydrogens is 514 g/mol. The van der Waals surface area contributed by atoms with Crippen LogP contribution in [0.25, 0.3) is 0 Å². The fraction of sp³-hybridized carbons (Fsp3) is 0.435. The molecule has 1 saturated heterocycles. The van der Waals surface area contributed by atoms with E-state index in [1.54, 1.807) is 18.2 Å². The average molecular weight is 537 g/mol. The summed E-state index contributed by atoms with van der Waals surface area (Å²) in [7, 11) is 0. The third kappa shape index (κ3) is 5.41. The van der Waals surface area contributed by atoms with E-state index in [0.717, 1.165) is 25.7 Å². The van der Waals surface area contributed by atoms with Crippen LogP contribution >= 0.6 is 34.8 Å². The Morgan fingerprint density at radius 1 is 1.09 bits per heavy atom. The molecule has 2 aliphatic rings. The summed E-state index contributed by atoms with van der Waals surface area (Å²) in [5.74, 6) is 0. The number of oxime groups is 1. The number of hydrazine groups is 1. The van der Waals surface area contributed by atoms with E-state index < -0.39 is 18.2 Å². The monoisotopic (exact) mass is 535 g/mol. The summed E-state index contributed by atoms with van der Waals surface area (Å²) >= 11 is 18.2. The molecule has 5 nitrogen and oxygen atoms in total. The van der Waals surface area contributed by atoms with Crippen molar-refractivity contribution >= 4 is 46.2 Å². The second-order valence-electron chi connectivity index (χ2n) is 8.34. The molecule has 2 aromatic carbocycles. The Kier molecular flexibility index (Phi) is 7.55. The molecule has 2 heterocycles. The fourth-order valence-electron chi connectivity index (χ4n) is 3.88. The number of alkyl halides is 3. The summed E-state index contributed by atoms with van der Waals surface area (Å²) in [6.07, 6.45) is -0.988. The molecule has 2 aliphatic heterocycles. The summed E-state index contributed by atoms with van der Waals surface area (Å²) in [6, 6.07) is 8.52. The smallest absolute Gasteiger partial charge is 0.374 e. The van der Waals surface area contributed by atoms with Crippen molar-refractivity contribution in [2.24, 2.45) is 5.16 Å². The van der Waals surface area contributed by atoms with Crippen LogP contribution in [-0.4, -0.2) is 24.2 Å². The predicted molar refractivity (Wildman–Crippen MR) is 127 cm³/mol. The molecule has 2 aromatic rings. The number of anilines is 1. The van der Waals surface area contributed by atoms with E-state index >= 15 is 0 Å². The topological polar surface area (TPSA) is 58.2 Å². The molecule has 4 rings (SSSR count). The van der Waals surface area contributed by atoms with E-state index in [0.29, 0.717) is 16.3 Å². The van der Waals surface area contributed by atoms with E-state index in [1.807, 2.05) is 0 Å². The number of hydrogen-bond acceptors (Lipinski definition) is 5. The number of halogens is 6. The summed E-state index contributed by atoms with van der Waals surface area (Å²) in [5, 5.41) is 4.32. The Bertz CT molecular complexity index is 1060. The first kappa shape index (κ1) is 25.4. The maximum absolute atomic E-state index is 14.2. The third-order valence-corrected chi connectivity index (χ3v) is 6.60. The Hall–Kier alpha value is -1.71. The fourth-order valence-corrected chi connectivity index (χ4v) is 4.57. The Morgan fingerprint density at radius 3 is 2.50 bits per heavy atom. The quantitative estimate of drug-likeness (QED) is 0.198. The second-order valence-corrected chi connectivity index (χ2v) is 9.62. The largest absolute Gasteiger partial charge is 0.435 e. The van der Waals surface area contributed by atoms with Crippen molar-refractivity contribution in [2.45, 2.75) is 63.1 Å². The van der Waals surface area contributed by atoms with Gasteiger partial charge in [-0.25, -0.2) is 5.43 Å². The molecule has 34 heavy (non-hydrogen) atoms. The van der Waals surface area contributed by atoms with Crippen molar-refractivity contribution in [1.82, 2.24) is 5.43 Å². The minimum Gasteiger partial charge on any atom is -0.374 e. The van der Waals surface area contributed by atoms with E-state index in [-0.39, 0.29) is 33.7 Å². The zero-order valence-corrected chi connectivity index (χ0v) is 20.5. The van der Waals surface area contributed by atoms with Crippen LogP contribution in [0.2, 0.25) is 15.1 Å². The van der Waals surface area contributed by atoms with Gasteiger partial charge in [0.25, 0.3) is 5.60 Å². The predicted octanol–water partition coefficient (Wildman–Crippen LogP) is 7.45. The first-order chi connectivity index (χ1) is 16.1. The van der Waals surface area contributed by atoms with Gasteiger partial charge in [-0.3, -0.25) is 0 Å². The van der Waals surface area contributed by atoms with Crippen LogP contribution in [-0.2, 0) is 15.2 Å². The first-order valence-electron chi connectivity index (χ1n) is 10.9. The lowest BCUT2D eigenvalue weighted by Gasteiger charge is -2.29. The molecule has 0 spiro atoms. The maximum atomic E-state index is 14.2. The van der Waals surface area contributed by atoms with Crippen LogP contribution in [0.15, 0.2) is 41.6 Å². The van der Waals surface area contributed by atoms with Crippen molar-refractivity contribution in [1.29, 1.82) is 0 Å². The zero-order chi connectivity index (χ0) is 24.5. The minimum atomic E-state index is -4.77. The van der Waals surface area contributed by atoms with Gasteiger partial charge in [-0.15, -0.1) is 0 Å². The highest BCUT2D eigenvalue weighted by Crippen LogP contribution is 2.50. The lowest BCUT2D eigenvalue weighted by molar-refractivity contribution is -0.275. The van der Waals surface area contributed by atoms with Crippen LogP contribution < -0.4 is 10.9 Å². The van der Waals surface area contributed by atoms with Gasteiger partial charge >= 0.3 is 6.18 Å². The van der Waals surface area contributed by atoms with Gasteiger partial charge in [0.15, 0.2) is 6.23 Å². The number of benzene rings is 2. The van der Waals surface area contributed by atoms with Crippen LogP contribution in [0.3, 0.4) is 0 Å². The molecule has 1 fully saturated rings. The number of nitrogens with zero attached hydrogens (tertiary/aromatic N) is 1. The van der Waals surface area contributed by atoms with Crippen LogP contribution in [0.4, 0.5) is 18.9 Å². The lowest BCUT2D eigenvalue weighted by atomic mass is 9.86. The molecular formula is C23H23Cl3F3N3O2. The highest BCUT2D eigenvalue weighted by atomic mass is 35.5. The van der Waals surface area contributed by atoms with Gasteiger partial charge in [-0.05, 0) is 36.8 Å². The van der Waals surface area contributed by atoms with Crippen molar-refractivity contribution in [3.05, 3.63) is 62.6 Å². The normalized spacial score (nSPS) is 24.0. The van der Waals surface area contributed by atoms with Crippen molar-refractivity contribution in [2.75, 3.05) is 5.43 Å². The third-order valence-electron chi connectivity index (χ3n) is 5.84. The Labute approximate surface area is 210 Å². The Morgan fingerprint density at radius 2 is 1.82 bits per heavy atom. The second kappa shape index (κ2) is 10.1. The molecule has 0 saturated carbocycles. The number of hydrogen-bond donors (Lipinski definition) is 2. The molecule has 0 bridgehead atoms. The number of unbranched alkanes of at least 4 members (excludes halogenated alkanes) is 2. The summed E-state index contributed by atoms with van der Waals surface area (Å²) < 4.78 is 48.2. The zero-order valence-electron chi connectivity index (χ0n) is 18.2. The molecule has 3 atom stereocenters. The molecule has 11 heteroatoms. The first-order valence-corrected chi connectivity index (χ1v) is 12.0. The van der Waals surface area contributed by atoms with Crippen LogP contribution in [0.1, 0.15) is 50.2 Å². The van der Waals surface area contributed by atoms with E-state index in [2.05, 4.69) is 22.9 Å². The van der Waals surface area contributed by atoms with Crippen LogP contribution in [0, 0.1) is 0 Å². The molecule has 3 unspecified atom stereocenters. The average Bonchev–Trinajstić information content (AvgIpc) is 3.34. The number of rotatable bonds is 9. The molecule has 0 amide bonds. The number of nitrogens with one attached hydrogen (secondary N) is 2. The van der Waals surface area contributed by atoms with Crippen molar-refractivity contribution in [3.63, 3.8) is 0 Å². The van der Waals surface area contributed by atoms with E-state index in [1.165, 1.54) is 18.2 Å². The molecule has 184 valence electrons. The van der Waals surface area contributed by atoms with E-state index in [9.17, 15) is 13.2 Å². The number of epoxide rings is 1. The summed E-state index contributed by atoms with van der Waals surface area (Å²) in [5.41, 5.74) is 4.17. The molecule has 0 aliphatic carbocycles. The van der Waals surface area contributed by atoms with Gasteiger partial charge in [-0.2, -0.15) is 13.2 Å². The molecule has 2 N–H and O–H groups in total. The standard InChI is InChI=1S/C23H23Cl3F3N3O2/c1-2-3-4-5-20-21(33-20)31-30-18-8-13(6-7-17(18)26)19-12-22(34-32-19,23(27,28)29)14-9-15(24)11-16(25)10-14/h6-11,20-21,30-31H,2-5,12H2,1H3. The minimum absolute atomic E-state index is 0.0718. The van der Waals surface area contributed by atoms with Crippen molar-refractivity contribution in [3.8, 4) is 0 Å². The highest BCUT2D eigenvalue weighted by molar-refractivity contribution is 6.34. The van der Waals surface area contributed by atoms with Gasteiger partial charge in [0, 0.05) is 27.6 Å². The van der Waals surface area contributed by atoms with Gasteiger partial charge in [0.2, 0.25) is 0 Å². The highest BCUT2D eigenvalue weighted by Gasteiger charge is 2.62. The maximum Gasteiger partial charge on any atom is 0.435 e. The summed E-state index contributed by atoms with van der Waals surface area (Å²) in [6.45, 7) is 2.14. The van der Waals surface area contributed by atoms with Crippen molar-refractivity contribution < 1.29 is 22.7 Å². The van der Waals surface area contributed by atoms with Gasteiger partial charge in [0.1, 0.15) is 6.10 Å². The number of ether oxygens (including phenoxy) is 1. The van der Waals surface area contributed by atoms with Gasteiger partial charge in [0.05, 0.1) is 16.4 Å². The summed E-state index contributed by atoms with van der Waals surface area (Å²) in [4.78, 5) is 5.06. The Balaban J connectivity index is 1.48. The molecule has 0 aromatic heterocycles. The SMILES string of the molecule is CCCCCC1OC1NNc1cc(C2=NOC(c3cc(Cl)cc(Cl)c3)(C(F)(F)F)C2)ccc1Cl. The van der Waals surface area contributed by atoms with Gasteiger partial charge in [-0.1, -0.05) is 72.2 Å². The van der Waals surface area contributed by atoms with Gasteiger partial charge < -0.3 is 15.0 Å².